The number of nitrogens with zero attached hydrogens (tertiary/aromatic N) is 1. The second-order valence-corrected chi connectivity index (χ2v) is 5.79. The molecule has 1 atom stereocenters. The number of imidazole rings is 1. The van der Waals surface area contributed by atoms with Gasteiger partial charge < -0.3 is 10.7 Å². The number of benzene rings is 1. The molecule has 1 aromatic carbocycles. The lowest BCUT2D eigenvalue weighted by Crippen LogP contribution is -2.18. The second-order valence-electron chi connectivity index (χ2n) is 4.88. The average molecular weight is 308 g/mol. The molecule has 0 aliphatic heterocycles. The van der Waals surface area contributed by atoms with Gasteiger partial charge in [0.1, 0.15) is 5.82 Å². The maximum Gasteiger partial charge on any atom is 0.124 e. The predicted octanol–water partition coefficient (Wildman–Crippen LogP) is 3.80. The molecule has 0 fully saturated rings. The van der Waals surface area contributed by atoms with E-state index in [0.717, 1.165) is 27.2 Å². The first kappa shape index (κ1) is 13.3. The summed E-state index contributed by atoms with van der Waals surface area (Å²) in [6, 6.07) is 8.08. The molecule has 0 aliphatic carbocycles. The lowest BCUT2D eigenvalue weighted by atomic mass is 10.1. The second kappa shape index (κ2) is 5.24. The highest BCUT2D eigenvalue weighted by Gasteiger charge is 2.17. The first-order valence-electron chi connectivity index (χ1n) is 6.07. The highest BCUT2D eigenvalue weighted by Crippen LogP contribution is 2.26. The third-order valence-corrected chi connectivity index (χ3v) is 3.53. The molecule has 18 heavy (non-hydrogen) atoms. The van der Waals surface area contributed by atoms with E-state index >= 15 is 0 Å². The van der Waals surface area contributed by atoms with Gasteiger partial charge in [-0.05, 0) is 25.0 Å². The summed E-state index contributed by atoms with van der Waals surface area (Å²) in [4.78, 5) is 7.93. The molecular formula is C14H18BrN3. The number of nitrogens with one attached hydrogen (secondary N) is 1. The largest absolute Gasteiger partial charge is 0.344 e. The number of hydrogen-bond donors (Lipinski definition) is 2. The van der Waals surface area contributed by atoms with Crippen LogP contribution < -0.4 is 5.73 Å². The fourth-order valence-electron chi connectivity index (χ4n) is 1.87. The molecule has 0 saturated heterocycles. The molecule has 0 bridgehead atoms. The van der Waals surface area contributed by atoms with Crippen molar-refractivity contribution in [1.82, 2.24) is 9.97 Å². The van der Waals surface area contributed by atoms with Gasteiger partial charge in [0.05, 0.1) is 11.7 Å². The number of hydrogen-bond acceptors (Lipinski definition) is 2. The number of rotatable bonds is 3. The van der Waals surface area contributed by atoms with Gasteiger partial charge in [0.2, 0.25) is 0 Å². The van der Waals surface area contributed by atoms with Crippen LogP contribution in [0.3, 0.4) is 0 Å². The van der Waals surface area contributed by atoms with Crippen LogP contribution in [0.15, 0.2) is 28.7 Å². The Morgan fingerprint density at radius 2 is 2.06 bits per heavy atom. The number of aryl methyl sites for hydroxylation is 1. The van der Waals surface area contributed by atoms with Crippen LogP contribution in [0.4, 0.5) is 0 Å². The maximum absolute atomic E-state index is 6.12. The van der Waals surface area contributed by atoms with E-state index < -0.39 is 0 Å². The molecule has 2 aromatic rings. The summed E-state index contributed by atoms with van der Waals surface area (Å²) in [6.07, 6.45) is 0. The van der Waals surface area contributed by atoms with Crippen molar-refractivity contribution in [2.75, 3.05) is 0 Å². The molecule has 1 heterocycles. The lowest BCUT2D eigenvalue weighted by molar-refractivity contribution is 0.494. The van der Waals surface area contributed by atoms with E-state index in [1.807, 2.05) is 19.1 Å². The number of halogens is 1. The van der Waals surface area contributed by atoms with Crippen LogP contribution in [0.1, 0.15) is 31.4 Å². The average Bonchev–Trinajstić information content (AvgIpc) is 2.70. The van der Waals surface area contributed by atoms with E-state index in [1.54, 1.807) is 0 Å². The summed E-state index contributed by atoms with van der Waals surface area (Å²) in [5.41, 5.74) is 9.25. The van der Waals surface area contributed by atoms with Crippen LogP contribution >= 0.6 is 15.9 Å². The molecule has 96 valence electrons. The van der Waals surface area contributed by atoms with Crippen molar-refractivity contribution < 1.29 is 0 Å². The fourth-order valence-corrected chi connectivity index (χ4v) is 2.27. The molecule has 1 unspecified atom stereocenters. The van der Waals surface area contributed by atoms with Crippen LogP contribution in [0.5, 0.6) is 0 Å². The standard InChI is InChI=1S/C14H18BrN3/c1-8(2)12(16)14-17-9(3)13(18-14)10-5-4-6-11(15)7-10/h4-8,12H,16H2,1-3H3,(H,17,18). The molecule has 0 saturated carbocycles. The van der Waals surface area contributed by atoms with Crippen molar-refractivity contribution in [3.8, 4) is 11.3 Å². The molecule has 1 aromatic heterocycles. The number of aromatic amines is 1. The zero-order valence-electron chi connectivity index (χ0n) is 10.9. The highest BCUT2D eigenvalue weighted by molar-refractivity contribution is 9.10. The van der Waals surface area contributed by atoms with Crippen molar-refractivity contribution in [2.45, 2.75) is 26.8 Å². The van der Waals surface area contributed by atoms with Gasteiger partial charge >= 0.3 is 0 Å². The van der Waals surface area contributed by atoms with Crippen molar-refractivity contribution in [3.05, 3.63) is 40.3 Å². The van der Waals surface area contributed by atoms with Gasteiger partial charge in [-0.25, -0.2) is 4.98 Å². The number of aromatic nitrogens is 2. The summed E-state index contributed by atoms with van der Waals surface area (Å²) in [5, 5.41) is 0. The van der Waals surface area contributed by atoms with Gasteiger partial charge in [0, 0.05) is 15.7 Å². The predicted molar refractivity (Wildman–Crippen MR) is 78.2 cm³/mol. The Morgan fingerprint density at radius 1 is 1.33 bits per heavy atom. The lowest BCUT2D eigenvalue weighted by Gasteiger charge is -2.11. The van der Waals surface area contributed by atoms with Gasteiger partial charge in [-0.3, -0.25) is 0 Å². The van der Waals surface area contributed by atoms with Gasteiger partial charge in [-0.15, -0.1) is 0 Å². The first-order chi connectivity index (χ1) is 8.49. The molecular weight excluding hydrogens is 290 g/mol. The van der Waals surface area contributed by atoms with E-state index in [0.29, 0.717) is 5.92 Å². The normalized spacial score (nSPS) is 13.0. The zero-order chi connectivity index (χ0) is 13.3. The Balaban J connectivity index is 2.41. The molecule has 0 radical (unpaired) electrons. The van der Waals surface area contributed by atoms with Crippen LogP contribution in [0.2, 0.25) is 0 Å². The van der Waals surface area contributed by atoms with E-state index in [4.69, 9.17) is 5.73 Å². The van der Waals surface area contributed by atoms with Gasteiger partial charge in [-0.1, -0.05) is 41.9 Å². The Labute approximate surface area is 116 Å². The molecule has 0 spiro atoms. The van der Waals surface area contributed by atoms with Crippen molar-refractivity contribution in [3.63, 3.8) is 0 Å². The Hall–Kier alpha value is -1.13. The van der Waals surface area contributed by atoms with Crippen molar-refractivity contribution in [1.29, 1.82) is 0 Å². The van der Waals surface area contributed by atoms with Crippen LogP contribution in [0, 0.1) is 12.8 Å². The summed E-state index contributed by atoms with van der Waals surface area (Å²) in [7, 11) is 0. The van der Waals surface area contributed by atoms with Gasteiger partial charge in [-0.2, -0.15) is 0 Å². The minimum absolute atomic E-state index is 0.0513. The Bertz CT molecular complexity index is 546. The Morgan fingerprint density at radius 3 is 2.67 bits per heavy atom. The SMILES string of the molecule is Cc1[nH]c(C(N)C(C)C)nc1-c1cccc(Br)c1. The highest BCUT2D eigenvalue weighted by atomic mass is 79.9. The monoisotopic (exact) mass is 307 g/mol. The topological polar surface area (TPSA) is 54.7 Å². The summed E-state index contributed by atoms with van der Waals surface area (Å²) >= 11 is 3.48. The van der Waals surface area contributed by atoms with Crippen molar-refractivity contribution in [2.24, 2.45) is 11.7 Å². The molecule has 3 N–H and O–H groups in total. The van der Waals surface area contributed by atoms with Crippen LogP contribution in [-0.4, -0.2) is 9.97 Å². The van der Waals surface area contributed by atoms with Crippen LogP contribution in [0.25, 0.3) is 11.3 Å². The third-order valence-electron chi connectivity index (χ3n) is 3.04. The van der Waals surface area contributed by atoms with E-state index in [2.05, 4.69) is 51.9 Å². The van der Waals surface area contributed by atoms with Gasteiger partial charge in [0.15, 0.2) is 0 Å². The molecule has 0 amide bonds. The van der Waals surface area contributed by atoms with E-state index in [1.165, 1.54) is 0 Å². The molecule has 2 rings (SSSR count). The number of H-pyrrole nitrogens is 1. The minimum atomic E-state index is -0.0513. The Kier molecular flexibility index (Phi) is 3.88. The first-order valence-corrected chi connectivity index (χ1v) is 6.86. The maximum atomic E-state index is 6.12. The summed E-state index contributed by atoms with van der Waals surface area (Å²) in [5.74, 6) is 1.23. The van der Waals surface area contributed by atoms with E-state index in [9.17, 15) is 0 Å². The summed E-state index contributed by atoms with van der Waals surface area (Å²) in [6.45, 7) is 6.22. The van der Waals surface area contributed by atoms with Crippen LogP contribution in [-0.2, 0) is 0 Å². The van der Waals surface area contributed by atoms with Gasteiger partial charge in [0.25, 0.3) is 0 Å². The quantitative estimate of drug-likeness (QED) is 0.906. The smallest absolute Gasteiger partial charge is 0.124 e. The molecule has 0 aliphatic rings. The number of nitrogens with two attached hydrogens (primary N) is 1. The molecule has 4 heteroatoms. The fraction of sp³-hybridized carbons (Fsp3) is 0.357. The minimum Gasteiger partial charge on any atom is -0.344 e. The van der Waals surface area contributed by atoms with Crippen molar-refractivity contribution >= 4 is 15.9 Å². The third kappa shape index (κ3) is 2.65. The zero-order valence-corrected chi connectivity index (χ0v) is 12.5. The van der Waals surface area contributed by atoms with E-state index in [-0.39, 0.29) is 6.04 Å². The molecule has 3 nitrogen and oxygen atoms in total. The summed E-state index contributed by atoms with van der Waals surface area (Å²) < 4.78 is 1.05.